The van der Waals surface area contributed by atoms with Crippen molar-refractivity contribution in [2.75, 3.05) is 31.4 Å². The van der Waals surface area contributed by atoms with E-state index in [0.717, 1.165) is 0 Å². The molecule has 118 valence electrons. The van der Waals surface area contributed by atoms with Crippen LogP contribution in [0.25, 0.3) is 0 Å². The zero-order chi connectivity index (χ0) is 16.0. The number of nitrogens with one attached hydrogen (secondary N) is 1. The van der Waals surface area contributed by atoms with E-state index in [1.807, 2.05) is 13.8 Å². The van der Waals surface area contributed by atoms with Gasteiger partial charge >= 0.3 is 0 Å². The monoisotopic (exact) mass is 334 g/mol. The Morgan fingerprint density at radius 1 is 1.33 bits per heavy atom. The second kappa shape index (κ2) is 7.84. The minimum Gasteiger partial charge on any atom is -0.399 e. The Morgan fingerprint density at radius 2 is 1.90 bits per heavy atom. The second-order valence-electron chi connectivity index (χ2n) is 5.17. The zero-order valence-corrected chi connectivity index (χ0v) is 13.8. The minimum absolute atomic E-state index is 0.0865. The van der Waals surface area contributed by atoms with Crippen molar-refractivity contribution in [3.63, 3.8) is 0 Å². The van der Waals surface area contributed by atoms with Crippen LogP contribution in [-0.2, 0) is 14.3 Å². The molecule has 0 aliphatic heterocycles. The molecule has 0 aromatic heterocycles. The van der Waals surface area contributed by atoms with E-state index >= 15 is 0 Å². The van der Waals surface area contributed by atoms with Crippen LogP contribution in [0.4, 0.5) is 11.4 Å². The van der Waals surface area contributed by atoms with Crippen molar-refractivity contribution in [3.8, 4) is 0 Å². The van der Waals surface area contributed by atoms with Gasteiger partial charge in [-0.1, -0.05) is 23.2 Å². The van der Waals surface area contributed by atoms with Gasteiger partial charge in [-0.25, -0.2) is 0 Å². The first-order chi connectivity index (χ1) is 9.75. The van der Waals surface area contributed by atoms with E-state index in [-0.39, 0.29) is 28.2 Å². The third kappa shape index (κ3) is 6.09. The highest BCUT2D eigenvalue weighted by molar-refractivity contribution is 6.40. The van der Waals surface area contributed by atoms with Crippen molar-refractivity contribution in [1.82, 2.24) is 0 Å². The third-order valence-corrected chi connectivity index (χ3v) is 3.56. The first kappa shape index (κ1) is 18.0. The Bertz CT molecular complexity index is 484. The molecule has 1 rings (SSSR count). The van der Waals surface area contributed by atoms with E-state index in [1.165, 1.54) is 12.1 Å². The van der Waals surface area contributed by atoms with Crippen LogP contribution in [-0.4, -0.2) is 31.8 Å². The van der Waals surface area contributed by atoms with E-state index in [0.29, 0.717) is 24.4 Å². The predicted molar refractivity (Wildman–Crippen MR) is 86.0 cm³/mol. The SMILES string of the molecule is COC(C)(C)CCOCC(=O)Nc1c(Cl)cc(N)cc1Cl. The summed E-state index contributed by atoms with van der Waals surface area (Å²) < 4.78 is 10.6. The topological polar surface area (TPSA) is 73.6 Å². The van der Waals surface area contributed by atoms with Crippen molar-refractivity contribution in [2.24, 2.45) is 0 Å². The lowest BCUT2D eigenvalue weighted by atomic mass is 10.1. The largest absolute Gasteiger partial charge is 0.399 e. The molecule has 5 nitrogen and oxygen atoms in total. The van der Waals surface area contributed by atoms with Gasteiger partial charge in [0.05, 0.1) is 21.3 Å². The maximum absolute atomic E-state index is 11.8. The van der Waals surface area contributed by atoms with Crippen LogP contribution in [0.2, 0.25) is 10.0 Å². The Balaban J connectivity index is 2.45. The second-order valence-corrected chi connectivity index (χ2v) is 5.99. The molecule has 0 aliphatic rings. The van der Waals surface area contributed by atoms with Crippen molar-refractivity contribution in [1.29, 1.82) is 0 Å². The van der Waals surface area contributed by atoms with E-state index < -0.39 is 0 Å². The number of nitrogen functional groups attached to an aromatic ring is 1. The van der Waals surface area contributed by atoms with Crippen molar-refractivity contribution < 1.29 is 14.3 Å². The normalized spacial score (nSPS) is 11.5. The van der Waals surface area contributed by atoms with Gasteiger partial charge in [-0.15, -0.1) is 0 Å². The summed E-state index contributed by atoms with van der Waals surface area (Å²) in [7, 11) is 1.64. The van der Waals surface area contributed by atoms with Crippen molar-refractivity contribution >= 4 is 40.5 Å². The number of carbonyl (C=O) groups excluding carboxylic acids is 1. The summed E-state index contributed by atoms with van der Waals surface area (Å²) in [6, 6.07) is 3.04. The van der Waals surface area contributed by atoms with Gasteiger partial charge < -0.3 is 20.5 Å². The Labute approximate surface area is 134 Å². The fourth-order valence-electron chi connectivity index (χ4n) is 1.47. The van der Waals surface area contributed by atoms with Crippen molar-refractivity contribution in [3.05, 3.63) is 22.2 Å². The average molecular weight is 335 g/mol. The number of hydrogen-bond acceptors (Lipinski definition) is 4. The molecule has 0 saturated heterocycles. The smallest absolute Gasteiger partial charge is 0.250 e. The molecule has 0 atom stereocenters. The highest BCUT2D eigenvalue weighted by Crippen LogP contribution is 2.32. The summed E-state index contributed by atoms with van der Waals surface area (Å²) in [6.07, 6.45) is 0.681. The van der Waals surface area contributed by atoms with Crippen LogP contribution in [0.15, 0.2) is 12.1 Å². The molecular formula is C14H20Cl2N2O3. The number of benzene rings is 1. The Kier molecular flexibility index (Phi) is 6.74. The minimum atomic E-state index is -0.334. The lowest BCUT2D eigenvalue weighted by Crippen LogP contribution is -2.26. The van der Waals surface area contributed by atoms with Crippen LogP contribution in [0.5, 0.6) is 0 Å². The number of rotatable bonds is 7. The van der Waals surface area contributed by atoms with Gasteiger partial charge in [-0.2, -0.15) is 0 Å². The Hall–Kier alpha value is -1.01. The molecule has 7 heteroatoms. The van der Waals surface area contributed by atoms with Gasteiger partial charge in [0.15, 0.2) is 0 Å². The quantitative estimate of drug-likeness (QED) is 0.592. The van der Waals surface area contributed by atoms with Crippen LogP contribution < -0.4 is 11.1 Å². The number of nitrogens with two attached hydrogens (primary N) is 1. The predicted octanol–water partition coefficient (Wildman–Crippen LogP) is 3.35. The molecule has 21 heavy (non-hydrogen) atoms. The van der Waals surface area contributed by atoms with E-state index in [4.69, 9.17) is 38.4 Å². The third-order valence-electron chi connectivity index (χ3n) is 2.96. The average Bonchev–Trinajstić information content (AvgIpc) is 2.39. The number of methoxy groups -OCH3 is 1. The van der Waals surface area contributed by atoms with Gasteiger partial charge in [0.1, 0.15) is 6.61 Å². The van der Waals surface area contributed by atoms with Gasteiger partial charge in [0.2, 0.25) is 5.91 Å². The number of halogens is 2. The summed E-state index contributed by atoms with van der Waals surface area (Å²) >= 11 is 12.0. The first-order valence-corrected chi connectivity index (χ1v) is 7.18. The molecule has 0 fully saturated rings. The summed E-state index contributed by atoms with van der Waals surface area (Å²) in [5.74, 6) is -0.334. The molecule has 0 radical (unpaired) electrons. The molecule has 0 spiro atoms. The standard InChI is InChI=1S/C14H20Cl2N2O3/c1-14(2,20-3)4-5-21-8-12(19)18-13-10(15)6-9(17)7-11(13)16/h6-7H,4-5,8,17H2,1-3H3,(H,18,19). The summed E-state index contributed by atoms with van der Waals surface area (Å²) in [4.78, 5) is 11.8. The lowest BCUT2D eigenvalue weighted by molar-refractivity contribution is -0.121. The molecule has 1 aromatic carbocycles. The molecule has 1 aromatic rings. The number of amides is 1. The molecule has 0 heterocycles. The molecule has 1 amide bonds. The molecule has 0 saturated carbocycles. The van der Waals surface area contributed by atoms with Gasteiger partial charge in [-0.05, 0) is 32.4 Å². The molecule has 3 N–H and O–H groups in total. The summed E-state index contributed by atoms with van der Waals surface area (Å²) in [5.41, 5.74) is 6.08. The maximum atomic E-state index is 11.8. The van der Waals surface area contributed by atoms with E-state index in [2.05, 4.69) is 5.32 Å². The van der Waals surface area contributed by atoms with Crippen LogP contribution in [0.1, 0.15) is 20.3 Å². The van der Waals surface area contributed by atoms with Crippen LogP contribution in [0, 0.1) is 0 Å². The lowest BCUT2D eigenvalue weighted by Gasteiger charge is -2.22. The van der Waals surface area contributed by atoms with E-state index in [9.17, 15) is 4.79 Å². The van der Waals surface area contributed by atoms with Gasteiger partial charge in [0, 0.05) is 19.4 Å². The number of hydrogen-bond donors (Lipinski definition) is 2. The fourth-order valence-corrected chi connectivity index (χ4v) is 2.07. The highest BCUT2D eigenvalue weighted by Gasteiger charge is 2.16. The number of anilines is 2. The Morgan fingerprint density at radius 3 is 2.43 bits per heavy atom. The highest BCUT2D eigenvalue weighted by atomic mass is 35.5. The summed E-state index contributed by atoms with van der Waals surface area (Å²) in [6.45, 7) is 4.23. The molecule has 0 aliphatic carbocycles. The van der Waals surface area contributed by atoms with Gasteiger partial charge in [0.25, 0.3) is 0 Å². The molecule has 0 unspecified atom stereocenters. The van der Waals surface area contributed by atoms with Gasteiger partial charge in [-0.3, -0.25) is 4.79 Å². The number of carbonyl (C=O) groups is 1. The zero-order valence-electron chi connectivity index (χ0n) is 12.3. The van der Waals surface area contributed by atoms with Crippen LogP contribution >= 0.6 is 23.2 Å². The summed E-state index contributed by atoms with van der Waals surface area (Å²) in [5, 5.41) is 3.17. The first-order valence-electron chi connectivity index (χ1n) is 6.42. The van der Waals surface area contributed by atoms with Crippen LogP contribution in [0.3, 0.4) is 0 Å². The molecule has 0 bridgehead atoms. The fraction of sp³-hybridized carbons (Fsp3) is 0.500. The molecular weight excluding hydrogens is 315 g/mol. The maximum Gasteiger partial charge on any atom is 0.250 e. The van der Waals surface area contributed by atoms with Crippen molar-refractivity contribution in [2.45, 2.75) is 25.9 Å². The number of ether oxygens (including phenoxy) is 2. The van der Waals surface area contributed by atoms with E-state index in [1.54, 1.807) is 7.11 Å².